The van der Waals surface area contributed by atoms with E-state index < -0.39 is 0 Å². The van der Waals surface area contributed by atoms with Crippen molar-refractivity contribution in [3.8, 4) is 5.88 Å². The second-order valence-corrected chi connectivity index (χ2v) is 3.49. The third-order valence-corrected chi connectivity index (χ3v) is 2.20. The topological polar surface area (TPSA) is 66.0 Å². The van der Waals surface area contributed by atoms with Crippen LogP contribution in [0.15, 0.2) is 17.4 Å². The van der Waals surface area contributed by atoms with Gasteiger partial charge in [0.25, 0.3) is 5.56 Å². The number of aromatic amines is 1. The minimum Gasteiger partial charge on any atom is -0.493 e. The van der Waals surface area contributed by atoms with Crippen LogP contribution in [0.25, 0.3) is 0 Å². The Morgan fingerprint density at radius 3 is 2.87 bits per heavy atom. The Kier molecular flexibility index (Phi) is 4.09. The molecule has 15 heavy (non-hydrogen) atoms. The first-order valence-electron chi connectivity index (χ1n) is 5.04. The van der Waals surface area contributed by atoms with Crippen molar-refractivity contribution >= 4 is 0 Å². The van der Waals surface area contributed by atoms with Gasteiger partial charge in [-0.2, -0.15) is 0 Å². The first-order valence-corrected chi connectivity index (χ1v) is 5.04. The number of hydrogen-bond donors (Lipinski definition) is 2. The SMILES string of the molecule is C=CCCCCc1c(O)nc(C)[nH]c1=O. The minimum atomic E-state index is -0.237. The second-order valence-electron chi connectivity index (χ2n) is 3.49. The highest BCUT2D eigenvalue weighted by Crippen LogP contribution is 2.11. The van der Waals surface area contributed by atoms with Gasteiger partial charge in [-0.1, -0.05) is 6.08 Å². The van der Waals surface area contributed by atoms with Crippen molar-refractivity contribution in [2.75, 3.05) is 0 Å². The summed E-state index contributed by atoms with van der Waals surface area (Å²) >= 11 is 0. The number of nitrogens with one attached hydrogen (secondary N) is 1. The lowest BCUT2D eigenvalue weighted by Gasteiger charge is -2.02. The number of hydrogen-bond acceptors (Lipinski definition) is 3. The third kappa shape index (κ3) is 3.23. The molecule has 4 heteroatoms. The molecule has 1 aromatic heterocycles. The van der Waals surface area contributed by atoms with E-state index in [4.69, 9.17) is 0 Å². The number of allylic oxidation sites excluding steroid dienone is 1. The number of unbranched alkanes of at least 4 members (excludes halogenated alkanes) is 2. The zero-order chi connectivity index (χ0) is 11.3. The number of rotatable bonds is 5. The van der Waals surface area contributed by atoms with Crippen molar-refractivity contribution in [1.29, 1.82) is 0 Å². The molecule has 0 radical (unpaired) electrons. The van der Waals surface area contributed by atoms with Crippen LogP contribution in [-0.4, -0.2) is 15.1 Å². The van der Waals surface area contributed by atoms with Crippen molar-refractivity contribution in [2.24, 2.45) is 0 Å². The van der Waals surface area contributed by atoms with E-state index in [9.17, 15) is 9.90 Å². The van der Waals surface area contributed by atoms with Crippen LogP contribution in [0.5, 0.6) is 5.88 Å². The molecule has 1 heterocycles. The first-order chi connectivity index (χ1) is 7.15. The normalized spacial score (nSPS) is 10.2. The number of H-pyrrole nitrogens is 1. The van der Waals surface area contributed by atoms with Gasteiger partial charge in [0.1, 0.15) is 5.82 Å². The molecular formula is C11H16N2O2. The molecule has 1 rings (SSSR count). The van der Waals surface area contributed by atoms with Crippen molar-refractivity contribution in [1.82, 2.24) is 9.97 Å². The Morgan fingerprint density at radius 1 is 1.53 bits per heavy atom. The summed E-state index contributed by atoms with van der Waals surface area (Å²) in [5, 5.41) is 9.48. The lowest BCUT2D eigenvalue weighted by molar-refractivity contribution is 0.439. The molecule has 0 saturated heterocycles. The summed E-state index contributed by atoms with van der Waals surface area (Å²) in [6, 6.07) is 0. The molecule has 0 amide bonds. The fourth-order valence-corrected chi connectivity index (χ4v) is 1.41. The molecule has 4 nitrogen and oxygen atoms in total. The predicted molar refractivity (Wildman–Crippen MR) is 59.0 cm³/mol. The van der Waals surface area contributed by atoms with Crippen LogP contribution in [0.4, 0.5) is 0 Å². The Hall–Kier alpha value is -1.58. The van der Waals surface area contributed by atoms with E-state index in [2.05, 4.69) is 16.5 Å². The molecule has 0 saturated carbocycles. The van der Waals surface area contributed by atoms with Gasteiger partial charge in [-0.3, -0.25) is 4.79 Å². The van der Waals surface area contributed by atoms with Gasteiger partial charge in [0.2, 0.25) is 5.88 Å². The van der Waals surface area contributed by atoms with E-state index in [0.717, 1.165) is 19.3 Å². The highest BCUT2D eigenvalue weighted by atomic mass is 16.3. The predicted octanol–water partition coefficient (Wildman–Crippen LogP) is 1.68. The largest absolute Gasteiger partial charge is 0.493 e. The van der Waals surface area contributed by atoms with E-state index in [1.807, 2.05) is 6.08 Å². The van der Waals surface area contributed by atoms with E-state index in [-0.39, 0.29) is 11.4 Å². The van der Waals surface area contributed by atoms with Gasteiger partial charge in [0.05, 0.1) is 5.56 Å². The zero-order valence-corrected chi connectivity index (χ0v) is 8.92. The second kappa shape index (κ2) is 5.34. The van der Waals surface area contributed by atoms with Gasteiger partial charge >= 0.3 is 0 Å². The summed E-state index contributed by atoms with van der Waals surface area (Å²) in [4.78, 5) is 17.8. The average molecular weight is 208 g/mol. The van der Waals surface area contributed by atoms with Crippen LogP contribution < -0.4 is 5.56 Å². The summed E-state index contributed by atoms with van der Waals surface area (Å²) in [6.45, 7) is 5.26. The molecule has 0 spiro atoms. The maximum absolute atomic E-state index is 11.4. The third-order valence-electron chi connectivity index (χ3n) is 2.20. The average Bonchev–Trinajstić information content (AvgIpc) is 2.15. The summed E-state index contributed by atoms with van der Waals surface area (Å²) < 4.78 is 0. The van der Waals surface area contributed by atoms with Gasteiger partial charge in [-0.05, 0) is 32.6 Å². The highest BCUT2D eigenvalue weighted by molar-refractivity contribution is 5.22. The minimum absolute atomic E-state index is 0.144. The van der Waals surface area contributed by atoms with Crippen molar-refractivity contribution < 1.29 is 5.11 Å². The van der Waals surface area contributed by atoms with Gasteiger partial charge in [0.15, 0.2) is 0 Å². The number of aromatic hydroxyl groups is 1. The fraction of sp³-hybridized carbons (Fsp3) is 0.455. The lowest BCUT2D eigenvalue weighted by Crippen LogP contribution is -2.15. The van der Waals surface area contributed by atoms with Crippen LogP contribution >= 0.6 is 0 Å². The number of aromatic nitrogens is 2. The molecule has 2 N–H and O–H groups in total. The molecule has 0 fully saturated rings. The molecular weight excluding hydrogens is 192 g/mol. The summed E-state index contributed by atoms with van der Waals surface area (Å²) in [5.41, 5.74) is 0.142. The lowest BCUT2D eigenvalue weighted by atomic mass is 10.1. The molecule has 0 bridgehead atoms. The van der Waals surface area contributed by atoms with E-state index >= 15 is 0 Å². The Bertz CT molecular complexity index is 396. The standard InChI is InChI=1S/C11H16N2O2/c1-3-4-5-6-7-9-10(14)12-8(2)13-11(9)15/h3H,1,4-7H2,2H3,(H2,12,13,14,15). The molecule has 0 unspecified atom stereocenters. The van der Waals surface area contributed by atoms with E-state index in [0.29, 0.717) is 17.8 Å². The zero-order valence-electron chi connectivity index (χ0n) is 8.92. The molecule has 0 aliphatic heterocycles. The quantitative estimate of drug-likeness (QED) is 0.571. The summed E-state index contributed by atoms with van der Waals surface area (Å²) in [6.07, 6.45) is 5.15. The Morgan fingerprint density at radius 2 is 2.27 bits per heavy atom. The van der Waals surface area contributed by atoms with Crippen molar-refractivity contribution in [3.05, 3.63) is 34.4 Å². The van der Waals surface area contributed by atoms with E-state index in [1.54, 1.807) is 6.92 Å². The first kappa shape index (κ1) is 11.5. The number of nitrogens with zero attached hydrogens (tertiary/aromatic N) is 1. The van der Waals surface area contributed by atoms with Gasteiger partial charge < -0.3 is 10.1 Å². The van der Waals surface area contributed by atoms with Gasteiger partial charge in [-0.25, -0.2) is 4.98 Å². The molecule has 0 atom stereocenters. The van der Waals surface area contributed by atoms with Crippen LogP contribution in [0.1, 0.15) is 30.7 Å². The Labute approximate surface area is 88.7 Å². The smallest absolute Gasteiger partial charge is 0.257 e. The maximum Gasteiger partial charge on any atom is 0.257 e. The Balaban J connectivity index is 2.68. The summed E-state index contributed by atoms with van der Waals surface area (Å²) in [5.74, 6) is 0.294. The molecule has 0 aromatic carbocycles. The van der Waals surface area contributed by atoms with Crippen LogP contribution in [-0.2, 0) is 6.42 Å². The summed E-state index contributed by atoms with van der Waals surface area (Å²) in [7, 11) is 0. The maximum atomic E-state index is 11.4. The van der Waals surface area contributed by atoms with Crippen LogP contribution in [0, 0.1) is 6.92 Å². The molecule has 0 aliphatic carbocycles. The monoisotopic (exact) mass is 208 g/mol. The van der Waals surface area contributed by atoms with Crippen molar-refractivity contribution in [2.45, 2.75) is 32.6 Å². The molecule has 82 valence electrons. The van der Waals surface area contributed by atoms with Gasteiger partial charge in [0, 0.05) is 0 Å². The molecule has 0 aliphatic rings. The molecule has 1 aromatic rings. The highest BCUT2D eigenvalue weighted by Gasteiger charge is 2.08. The van der Waals surface area contributed by atoms with Crippen LogP contribution in [0.3, 0.4) is 0 Å². The van der Waals surface area contributed by atoms with Gasteiger partial charge in [-0.15, -0.1) is 6.58 Å². The number of aryl methyl sites for hydroxylation is 1. The van der Waals surface area contributed by atoms with E-state index in [1.165, 1.54) is 0 Å². The fourth-order valence-electron chi connectivity index (χ4n) is 1.41. The van der Waals surface area contributed by atoms with Crippen molar-refractivity contribution in [3.63, 3.8) is 0 Å². The van der Waals surface area contributed by atoms with Crippen LogP contribution in [0.2, 0.25) is 0 Å².